The number of carbonyl (C=O) groups is 1. The van der Waals surface area contributed by atoms with Gasteiger partial charge in [-0.25, -0.2) is 8.42 Å². The highest BCUT2D eigenvalue weighted by Crippen LogP contribution is 2.43. The maximum atomic E-state index is 13.6. The van der Waals surface area contributed by atoms with Gasteiger partial charge in [-0.05, 0) is 49.2 Å². The minimum absolute atomic E-state index is 0.0332. The second kappa shape index (κ2) is 8.75. The van der Waals surface area contributed by atoms with E-state index in [0.717, 1.165) is 16.7 Å². The van der Waals surface area contributed by atoms with Crippen molar-refractivity contribution in [2.45, 2.75) is 31.3 Å². The number of aliphatic hydroxyl groups is 1. The van der Waals surface area contributed by atoms with E-state index in [1.165, 1.54) is 17.0 Å². The summed E-state index contributed by atoms with van der Waals surface area (Å²) in [6, 6.07) is 19.9. The zero-order valence-electron chi connectivity index (χ0n) is 18.6. The molecule has 6 nitrogen and oxygen atoms in total. The van der Waals surface area contributed by atoms with Crippen molar-refractivity contribution >= 4 is 15.7 Å². The van der Waals surface area contributed by atoms with E-state index in [1.807, 2.05) is 38.1 Å². The van der Waals surface area contributed by atoms with Crippen LogP contribution in [0.5, 0.6) is 5.75 Å². The van der Waals surface area contributed by atoms with Crippen LogP contribution in [-0.2, 0) is 21.2 Å². The summed E-state index contributed by atoms with van der Waals surface area (Å²) in [6.45, 7) is 3.91. The van der Waals surface area contributed by atoms with Crippen LogP contribution in [0.3, 0.4) is 0 Å². The lowest BCUT2D eigenvalue weighted by Gasteiger charge is -2.27. The third-order valence-electron chi connectivity index (χ3n) is 5.78. The first-order valence-electron chi connectivity index (χ1n) is 10.5. The van der Waals surface area contributed by atoms with E-state index in [4.69, 9.17) is 4.74 Å². The van der Waals surface area contributed by atoms with E-state index >= 15 is 0 Å². The third-order valence-corrected chi connectivity index (χ3v) is 7.67. The van der Waals surface area contributed by atoms with Crippen LogP contribution in [0.1, 0.15) is 28.3 Å². The molecule has 0 aliphatic carbocycles. The molecular weight excluding hydrogens is 438 g/mol. The van der Waals surface area contributed by atoms with Gasteiger partial charge in [0.25, 0.3) is 5.91 Å². The Balaban J connectivity index is 1.82. The molecule has 0 saturated heterocycles. The summed E-state index contributed by atoms with van der Waals surface area (Å²) in [5.41, 5.74) is 3.30. The van der Waals surface area contributed by atoms with Gasteiger partial charge in [0.1, 0.15) is 10.7 Å². The van der Waals surface area contributed by atoms with Gasteiger partial charge in [-0.15, -0.1) is 0 Å². The highest BCUT2D eigenvalue weighted by molar-refractivity contribution is 7.95. The number of benzene rings is 3. The van der Waals surface area contributed by atoms with Crippen LogP contribution >= 0.6 is 0 Å². The van der Waals surface area contributed by atoms with E-state index in [0.29, 0.717) is 11.3 Å². The molecule has 1 amide bonds. The van der Waals surface area contributed by atoms with Crippen LogP contribution in [0.25, 0.3) is 0 Å². The summed E-state index contributed by atoms with van der Waals surface area (Å²) in [5, 5.41) is 10.8. The van der Waals surface area contributed by atoms with E-state index in [9.17, 15) is 18.3 Å². The Labute approximate surface area is 193 Å². The van der Waals surface area contributed by atoms with Crippen molar-refractivity contribution in [1.29, 1.82) is 0 Å². The molecule has 0 aromatic heterocycles. The predicted octanol–water partition coefficient (Wildman–Crippen LogP) is 4.64. The van der Waals surface area contributed by atoms with E-state index in [1.54, 1.807) is 43.5 Å². The predicted molar refractivity (Wildman–Crippen MR) is 125 cm³/mol. The van der Waals surface area contributed by atoms with Crippen molar-refractivity contribution in [3.05, 3.63) is 106 Å². The Morgan fingerprint density at radius 3 is 1.97 bits per heavy atom. The molecule has 170 valence electrons. The maximum absolute atomic E-state index is 13.6. The second-order valence-electron chi connectivity index (χ2n) is 8.12. The quantitative estimate of drug-likeness (QED) is 0.576. The lowest BCUT2D eigenvalue weighted by atomic mass is 10.0. The van der Waals surface area contributed by atoms with Gasteiger partial charge in [0.2, 0.25) is 9.84 Å². The average molecular weight is 464 g/mol. The van der Waals surface area contributed by atoms with Gasteiger partial charge >= 0.3 is 0 Å². The van der Waals surface area contributed by atoms with Gasteiger partial charge in [0.15, 0.2) is 5.76 Å². The number of aliphatic hydroxyl groups excluding tert-OH is 1. The fraction of sp³-hybridized carbons (Fsp3) is 0.192. The first kappa shape index (κ1) is 22.6. The largest absolute Gasteiger partial charge is 0.502 e. The van der Waals surface area contributed by atoms with Crippen molar-refractivity contribution in [2.75, 3.05) is 7.11 Å². The number of hydrogen-bond donors (Lipinski definition) is 1. The van der Waals surface area contributed by atoms with Crippen molar-refractivity contribution in [3.63, 3.8) is 0 Å². The SMILES string of the molecule is COc1ccc(CN2C(=O)C(O)=C(S(=O)(=O)c3ccc(C)cc3)C2c2ccc(C)cc2)cc1. The summed E-state index contributed by atoms with van der Waals surface area (Å²) in [7, 11) is -2.57. The molecule has 1 aliphatic rings. The highest BCUT2D eigenvalue weighted by atomic mass is 32.2. The van der Waals surface area contributed by atoms with Gasteiger partial charge in [0, 0.05) is 6.54 Å². The number of sulfone groups is 1. The van der Waals surface area contributed by atoms with Crippen LogP contribution in [0, 0.1) is 13.8 Å². The summed E-state index contributed by atoms with van der Waals surface area (Å²) in [5.74, 6) is -0.790. The molecule has 1 aliphatic heterocycles. The molecule has 4 rings (SSSR count). The van der Waals surface area contributed by atoms with E-state index < -0.39 is 27.5 Å². The Hall–Kier alpha value is -3.58. The van der Waals surface area contributed by atoms with Gasteiger partial charge in [-0.3, -0.25) is 4.79 Å². The molecule has 0 fully saturated rings. The molecule has 0 radical (unpaired) electrons. The molecule has 0 bridgehead atoms. The first-order valence-corrected chi connectivity index (χ1v) is 12.0. The lowest BCUT2D eigenvalue weighted by molar-refractivity contribution is -0.130. The van der Waals surface area contributed by atoms with Crippen molar-refractivity contribution < 1.29 is 23.1 Å². The summed E-state index contributed by atoms with van der Waals surface area (Å²) < 4.78 is 32.4. The number of hydrogen-bond acceptors (Lipinski definition) is 5. The van der Waals surface area contributed by atoms with Crippen LogP contribution in [0.4, 0.5) is 0 Å². The molecule has 33 heavy (non-hydrogen) atoms. The Morgan fingerprint density at radius 1 is 0.879 bits per heavy atom. The average Bonchev–Trinajstić information content (AvgIpc) is 3.06. The zero-order chi connectivity index (χ0) is 23.8. The van der Waals surface area contributed by atoms with Gasteiger partial charge in [0.05, 0.1) is 18.0 Å². The van der Waals surface area contributed by atoms with Crippen LogP contribution < -0.4 is 4.74 Å². The topological polar surface area (TPSA) is 83.9 Å². The van der Waals surface area contributed by atoms with Crippen molar-refractivity contribution in [1.82, 2.24) is 4.90 Å². The summed E-state index contributed by atoms with van der Waals surface area (Å²) in [6.07, 6.45) is 0. The molecule has 1 unspecified atom stereocenters. The van der Waals surface area contributed by atoms with Gasteiger partial charge < -0.3 is 14.7 Å². The van der Waals surface area contributed by atoms with E-state index in [2.05, 4.69) is 0 Å². The summed E-state index contributed by atoms with van der Waals surface area (Å²) in [4.78, 5) is 14.3. The number of rotatable bonds is 6. The summed E-state index contributed by atoms with van der Waals surface area (Å²) >= 11 is 0. The lowest BCUT2D eigenvalue weighted by Crippen LogP contribution is -2.30. The first-order chi connectivity index (χ1) is 15.7. The minimum atomic E-state index is -4.13. The molecule has 1 N–H and O–H groups in total. The second-order valence-corrected chi connectivity index (χ2v) is 10.0. The Bertz CT molecular complexity index is 1310. The molecule has 1 heterocycles. The zero-order valence-corrected chi connectivity index (χ0v) is 19.5. The number of aryl methyl sites for hydroxylation is 2. The maximum Gasteiger partial charge on any atom is 0.290 e. The number of nitrogens with zero attached hydrogens (tertiary/aromatic N) is 1. The van der Waals surface area contributed by atoms with E-state index in [-0.39, 0.29) is 16.3 Å². The molecule has 1 atom stereocenters. The standard InChI is InChI=1S/C26H25NO5S/c1-17-4-10-20(11-5-17)23-25(33(30,31)22-14-6-18(2)7-15-22)24(28)26(29)27(23)16-19-8-12-21(32-3)13-9-19/h4-15,23,28H,16H2,1-3H3. The van der Waals surface area contributed by atoms with Crippen LogP contribution in [0.2, 0.25) is 0 Å². The molecule has 0 saturated carbocycles. The van der Waals surface area contributed by atoms with Crippen molar-refractivity contribution in [3.8, 4) is 5.75 Å². The Kier molecular flexibility index (Phi) is 5.99. The smallest absolute Gasteiger partial charge is 0.290 e. The van der Waals surface area contributed by atoms with Gasteiger partial charge in [-0.1, -0.05) is 59.7 Å². The fourth-order valence-corrected chi connectivity index (χ4v) is 5.57. The van der Waals surface area contributed by atoms with Crippen LogP contribution in [0.15, 0.2) is 88.4 Å². The monoisotopic (exact) mass is 463 g/mol. The normalized spacial score (nSPS) is 16.4. The molecular formula is C26H25NO5S. The molecule has 3 aromatic carbocycles. The number of amides is 1. The highest BCUT2D eigenvalue weighted by Gasteiger charge is 2.46. The molecule has 7 heteroatoms. The fourth-order valence-electron chi connectivity index (χ4n) is 3.92. The number of carbonyl (C=O) groups excluding carboxylic acids is 1. The molecule has 0 spiro atoms. The number of methoxy groups -OCH3 is 1. The molecule has 3 aromatic rings. The van der Waals surface area contributed by atoms with Crippen LogP contribution in [-0.4, -0.2) is 31.4 Å². The minimum Gasteiger partial charge on any atom is -0.502 e. The van der Waals surface area contributed by atoms with Gasteiger partial charge in [-0.2, -0.15) is 0 Å². The van der Waals surface area contributed by atoms with Crippen molar-refractivity contribution in [2.24, 2.45) is 0 Å². The number of ether oxygens (including phenoxy) is 1. The third kappa shape index (κ3) is 4.24. The Morgan fingerprint density at radius 2 is 1.42 bits per heavy atom.